The Labute approximate surface area is 135 Å². The number of hydrogen-bond acceptors (Lipinski definition) is 1. The van der Waals surface area contributed by atoms with E-state index in [0.29, 0.717) is 0 Å². The molecule has 0 saturated carbocycles. The molecule has 0 amide bonds. The number of fused-ring (bicyclic) bond motifs is 4. The molecule has 0 radical (unpaired) electrons. The topological polar surface area (TPSA) is 0 Å². The van der Waals surface area contributed by atoms with Crippen LogP contribution in [0.15, 0.2) is 72.8 Å². The van der Waals surface area contributed by atoms with E-state index in [4.69, 9.17) is 0 Å². The number of hydrogen-bond donors (Lipinski definition) is 0. The van der Waals surface area contributed by atoms with Crippen LogP contribution in [0.5, 0.6) is 0 Å². The lowest BCUT2D eigenvalue weighted by atomic mass is 9.98. The van der Waals surface area contributed by atoms with Crippen molar-refractivity contribution in [3.8, 4) is 21.6 Å². The molecule has 22 heavy (non-hydrogen) atoms. The molecule has 5 rings (SSSR count). The Bertz CT molecular complexity index is 980. The first-order valence-corrected chi connectivity index (χ1v) is 9.82. The Hall–Kier alpha value is -2.16. The van der Waals surface area contributed by atoms with Crippen molar-refractivity contribution in [3.63, 3.8) is 0 Å². The fourth-order valence-corrected chi connectivity index (χ4v) is 6.56. The van der Waals surface area contributed by atoms with E-state index in [2.05, 4.69) is 72.8 Å². The molecule has 0 atom stereocenters. The standard InChI is InChI=1S/C20H14SSi/c1-3-9-16-13(6-1)12-17(21-16)14-8-5-11-19-20(14)15-7-2-4-10-18(15)22-19/h1-12H,22H2. The zero-order valence-electron chi connectivity index (χ0n) is 12.0. The average Bonchev–Trinajstić information content (AvgIpc) is 3.15. The summed E-state index contributed by atoms with van der Waals surface area (Å²) in [6, 6.07) is 26.8. The largest absolute Gasteiger partial charge is 0.135 e. The summed E-state index contributed by atoms with van der Waals surface area (Å²) in [5.41, 5.74) is 4.38. The molecule has 1 aromatic heterocycles. The maximum atomic E-state index is 2.35. The second-order valence-electron chi connectivity index (χ2n) is 5.82. The van der Waals surface area contributed by atoms with Gasteiger partial charge in [0, 0.05) is 9.58 Å². The highest BCUT2D eigenvalue weighted by Crippen LogP contribution is 2.38. The lowest BCUT2D eigenvalue weighted by Crippen LogP contribution is -2.20. The molecule has 0 fully saturated rings. The molecule has 0 unspecified atom stereocenters. The molecule has 2 heteroatoms. The van der Waals surface area contributed by atoms with Gasteiger partial charge in [-0.25, -0.2) is 0 Å². The quantitative estimate of drug-likeness (QED) is 0.414. The molecule has 0 spiro atoms. The van der Waals surface area contributed by atoms with Crippen LogP contribution in [-0.2, 0) is 0 Å². The van der Waals surface area contributed by atoms with Crippen LogP contribution < -0.4 is 10.4 Å². The SMILES string of the molecule is c1ccc2c(c1)[SiH2]c1cccc(-c3cc4ccccc4s3)c1-2. The van der Waals surface area contributed by atoms with Gasteiger partial charge in [0.25, 0.3) is 0 Å². The van der Waals surface area contributed by atoms with E-state index in [1.807, 2.05) is 11.3 Å². The summed E-state index contributed by atoms with van der Waals surface area (Å²) in [6.07, 6.45) is 0. The number of benzene rings is 3. The molecule has 0 saturated heterocycles. The Kier molecular flexibility index (Phi) is 2.63. The summed E-state index contributed by atoms with van der Waals surface area (Å²) in [5.74, 6) is 0. The molecule has 0 bridgehead atoms. The van der Waals surface area contributed by atoms with Gasteiger partial charge in [0.05, 0.1) is 9.52 Å². The number of thiophene rings is 1. The lowest BCUT2D eigenvalue weighted by molar-refractivity contribution is 1.70. The van der Waals surface area contributed by atoms with Crippen LogP contribution in [0.2, 0.25) is 0 Å². The smallest absolute Gasteiger partial charge is 0.0891 e. The van der Waals surface area contributed by atoms with Gasteiger partial charge >= 0.3 is 0 Å². The predicted octanol–water partition coefficient (Wildman–Crippen LogP) is 3.67. The minimum Gasteiger partial charge on any atom is -0.135 e. The molecule has 1 aliphatic rings. The van der Waals surface area contributed by atoms with Crippen LogP contribution in [0, 0.1) is 0 Å². The summed E-state index contributed by atoms with van der Waals surface area (Å²) in [6.45, 7) is 0. The molecule has 0 nitrogen and oxygen atoms in total. The van der Waals surface area contributed by atoms with E-state index in [-0.39, 0.29) is 9.52 Å². The Morgan fingerprint density at radius 3 is 2.41 bits per heavy atom. The normalized spacial score (nSPS) is 13.5. The van der Waals surface area contributed by atoms with E-state index in [0.717, 1.165) is 0 Å². The fourth-order valence-electron chi connectivity index (χ4n) is 3.51. The third-order valence-corrected chi connectivity index (χ3v) is 7.63. The van der Waals surface area contributed by atoms with Crippen molar-refractivity contribution in [1.29, 1.82) is 0 Å². The molecule has 2 heterocycles. The highest BCUT2D eigenvalue weighted by atomic mass is 32.1. The minimum absolute atomic E-state index is 0.311. The highest BCUT2D eigenvalue weighted by Gasteiger charge is 2.22. The molecule has 104 valence electrons. The zero-order chi connectivity index (χ0) is 14.5. The van der Waals surface area contributed by atoms with Crippen LogP contribution in [0.1, 0.15) is 0 Å². The van der Waals surface area contributed by atoms with E-state index in [1.165, 1.54) is 31.7 Å². The van der Waals surface area contributed by atoms with Crippen molar-refractivity contribution in [2.24, 2.45) is 0 Å². The molecule has 4 aromatic rings. The Balaban J connectivity index is 1.80. The van der Waals surface area contributed by atoms with Crippen molar-refractivity contribution >= 4 is 41.3 Å². The van der Waals surface area contributed by atoms with Gasteiger partial charge in [-0.05, 0) is 34.2 Å². The van der Waals surface area contributed by atoms with E-state index in [9.17, 15) is 0 Å². The Morgan fingerprint density at radius 2 is 1.45 bits per heavy atom. The molecule has 0 aliphatic carbocycles. The van der Waals surface area contributed by atoms with Gasteiger partial charge in [0.2, 0.25) is 0 Å². The maximum absolute atomic E-state index is 2.35. The summed E-state index contributed by atoms with van der Waals surface area (Å²) in [4.78, 5) is 1.39. The lowest BCUT2D eigenvalue weighted by Gasteiger charge is -2.08. The zero-order valence-corrected chi connectivity index (χ0v) is 14.3. The minimum atomic E-state index is -0.311. The first kappa shape index (κ1) is 12.4. The second-order valence-corrected chi connectivity index (χ2v) is 8.78. The molecule has 3 aromatic carbocycles. The van der Waals surface area contributed by atoms with Crippen molar-refractivity contribution in [1.82, 2.24) is 0 Å². The summed E-state index contributed by atoms with van der Waals surface area (Å²) >= 11 is 1.91. The third kappa shape index (κ3) is 1.74. The van der Waals surface area contributed by atoms with Crippen molar-refractivity contribution in [2.45, 2.75) is 0 Å². The summed E-state index contributed by atoms with van der Waals surface area (Å²) in [7, 11) is -0.311. The highest BCUT2D eigenvalue weighted by molar-refractivity contribution is 7.22. The van der Waals surface area contributed by atoms with Gasteiger partial charge in [-0.15, -0.1) is 11.3 Å². The van der Waals surface area contributed by atoms with Crippen LogP contribution >= 0.6 is 11.3 Å². The van der Waals surface area contributed by atoms with Crippen LogP contribution in [0.4, 0.5) is 0 Å². The summed E-state index contributed by atoms with van der Waals surface area (Å²) < 4.78 is 1.37. The van der Waals surface area contributed by atoms with Gasteiger partial charge in [-0.2, -0.15) is 0 Å². The predicted molar refractivity (Wildman–Crippen MR) is 101 cm³/mol. The molecular weight excluding hydrogens is 300 g/mol. The maximum Gasteiger partial charge on any atom is 0.0891 e. The van der Waals surface area contributed by atoms with Crippen molar-refractivity contribution in [2.75, 3.05) is 0 Å². The Morgan fingerprint density at radius 1 is 0.682 bits per heavy atom. The van der Waals surface area contributed by atoms with Gasteiger partial charge in [-0.1, -0.05) is 71.0 Å². The van der Waals surface area contributed by atoms with E-state index >= 15 is 0 Å². The van der Waals surface area contributed by atoms with Gasteiger partial charge < -0.3 is 0 Å². The molecule has 0 N–H and O–H groups in total. The van der Waals surface area contributed by atoms with Gasteiger partial charge in [0.1, 0.15) is 0 Å². The van der Waals surface area contributed by atoms with Crippen molar-refractivity contribution in [3.05, 3.63) is 72.8 Å². The monoisotopic (exact) mass is 314 g/mol. The average molecular weight is 314 g/mol. The van der Waals surface area contributed by atoms with Crippen molar-refractivity contribution < 1.29 is 0 Å². The van der Waals surface area contributed by atoms with E-state index < -0.39 is 0 Å². The van der Waals surface area contributed by atoms with Gasteiger partial charge in [0.15, 0.2) is 0 Å². The first-order valence-electron chi connectivity index (χ1n) is 7.59. The van der Waals surface area contributed by atoms with E-state index in [1.54, 1.807) is 10.4 Å². The van der Waals surface area contributed by atoms with Crippen LogP contribution in [0.3, 0.4) is 0 Å². The van der Waals surface area contributed by atoms with Crippen LogP contribution in [-0.4, -0.2) is 9.52 Å². The second kappa shape index (κ2) is 4.67. The number of rotatable bonds is 1. The first-order chi connectivity index (χ1) is 10.9. The van der Waals surface area contributed by atoms with Crippen LogP contribution in [0.25, 0.3) is 31.7 Å². The molecule has 1 aliphatic heterocycles. The van der Waals surface area contributed by atoms with Gasteiger partial charge in [-0.3, -0.25) is 0 Å². The summed E-state index contributed by atoms with van der Waals surface area (Å²) in [5, 5.41) is 4.53. The molecular formula is C20H14SSi. The third-order valence-electron chi connectivity index (χ3n) is 4.51. The fraction of sp³-hybridized carbons (Fsp3) is 0.